The van der Waals surface area contributed by atoms with Gasteiger partial charge in [-0.3, -0.25) is 9.79 Å². The van der Waals surface area contributed by atoms with Crippen LogP contribution in [0.3, 0.4) is 0 Å². The van der Waals surface area contributed by atoms with Gasteiger partial charge in [0, 0.05) is 31.3 Å². The average Bonchev–Trinajstić information content (AvgIpc) is 2.78. The number of nitrogens with one attached hydrogen (secondary N) is 1. The van der Waals surface area contributed by atoms with Crippen molar-refractivity contribution in [1.82, 2.24) is 10.2 Å². The van der Waals surface area contributed by atoms with E-state index in [9.17, 15) is 4.79 Å². The lowest BCUT2D eigenvalue weighted by Gasteiger charge is -2.17. The van der Waals surface area contributed by atoms with Crippen molar-refractivity contribution in [1.29, 1.82) is 0 Å². The normalized spacial score (nSPS) is 21.6. The summed E-state index contributed by atoms with van der Waals surface area (Å²) in [4.78, 5) is 18.0. The van der Waals surface area contributed by atoms with Crippen molar-refractivity contribution >= 4 is 22.8 Å². The predicted molar refractivity (Wildman–Crippen MR) is 74.5 cm³/mol. The topological polar surface area (TPSA) is 44.7 Å². The van der Waals surface area contributed by atoms with Gasteiger partial charge in [0.2, 0.25) is 5.91 Å². The summed E-state index contributed by atoms with van der Waals surface area (Å²) < 4.78 is 0. The standard InChI is InChI=1S/C12H23N3OS/c1-4-10-9-17-12(14-10)13-8-7-11(16)15(5-2)6-3/h10H,4-9H2,1-3H3,(H,13,14). The highest BCUT2D eigenvalue weighted by Gasteiger charge is 2.18. The summed E-state index contributed by atoms with van der Waals surface area (Å²) in [5, 5.41) is 4.36. The number of nitrogens with zero attached hydrogens (tertiary/aromatic N) is 2. The van der Waals surface area contributed by atoms with Crippen molar-refractivity contribution in [3.05, 3.63) is 0 Å². The molecule has 1 fully saturated rings. The van der Waals surface area contributed by atoms with Crippen molar-refractivity contribution in [2.45, 2.75) is 39.7 Å². The molecule has 1 aliphatic heterocycles. The van der Waals surface area contributed by atoms with E-state index < -0.39 is 0 Å². The molecule has 0 aliphatic carbocycles. The molecule has 0 aromatic rings. The molecule has 1 N–H and O–H groups in total. The van der Waals surface area contributed by atoms with E-state index in [1.165, 1.54) is 0 Å². The Balaban J connectivity index is 2.27. The number of aliphatic imine (C=N–C) groups is 1. The predicted octanol–water partition coefficient (Wildman–Crippen LogP) is 1.72. The number of hydrogen-bond acceptors (Lipinski definition) is 3. The molecule has 0 radical (unpaired) electrons. The summed E-state index contributed by atoms with van der Waals surface area (Å²) in [6.45, 7) is 8.36. The molecule has 1 atom stereocenters. The second kappa shape index (κ2) is 7.58. The number of carbonyl (C=O) groups is 1. The number of hydrogen-bond donors (Lipinski definition) is 1. The third-order valence-corrected chi connectivity index (χ3v) is 4.03. The minimum atomic E-state index is 0.203. The number of carbonyl (C=O) groups excluding carboxylic acids is 1. The lowest BCUT2D eigenvalue weighted by molar-refractivity contribution is -0.130. The highest BCUT2D eigenvalue weighted by Crippen LogP contribution is 2.15. The smallest absolute Gasteiger partial charge is 0.224 e. The van der Waals surface area contributed by atoms with Crippen LogP contribution >= 0.6 is 11.8 Å². The van der Waals surface area contributed by atoms with E-state index in [0.29, 0.717) is 19.0 Å². The van der Waals surface area contributed by atoms with Crippen molar-refractivity contribution in [3.63, 3.8) is 0 Å². The summed E-state index contributed by atoms with van der Waals surface area (Å²) in [5.41, 5.74) is 0. The van der Waals surface area contributed by atoms with Crippen LogP contribution < -0.4 is 5.32 Å². The summed E-state index contributed by atoms with van der Waals surface area (Å²) in [7, 11) is 0. The first-order chi connectivity index (χ1) is 8.21. The van der Waals surface area contributed by atoms with Crippen molar-refractivity contribution in [3.8, 4) is 0 Å². The lowest BCUT2D eigenvalue weighted by Crippen LogP contribution is -2.31. The summed E-state index contributed by atoms with van der Waals surface area (Å²) in [6, 6.07) is 0.553. The van der Waals surface area contributed by atoms with Crippen LogP contribution in [0.25, 0.3) is 0 Å². The van der Waals surface area contributed by atoms with Gasteiger partial charge < -0.3 is 10.2 Å². The molecule has 98 valence electrons. The molecular weight excluding hydrogens is 234 g/mol. The van der Waals surface area contributed by atoms with Crippen LogP contribution in [0.5, 0.6) is 0 Å². The Kier molecular flexibility index (Phi) is 6.40. The zero-order chi connectivity index (χ0) is 12.7. The Morgan fingerprint density at radius 1 is 1.47 bits per heavy atom. The first kappa shape index (κ1) is 14.4. The monoisotopic (exact) mass is 257 g/mol. The molecule has 5 heteroatoms. The minimum Gasteiger partial charge on any atom is -0.361 e. The van der Waals surface area contributed by atoms with Gasteiger partial charge in [0.1, 0.15) is 0 Å². The molecule has 0 aromatic carbocycles. The van der Waals surface area contributed by atoms with Gasteiger partial charge in [-0.15, -0.1) is 0 Å². The highest BCUT2D eigenvalue weighted by atomic mass is 32.2. The number of rotatable bonds is 6. The third-order valence-electron chi connectivity index (χ3n) is 2.94. The first-order valence-electron chi connectivity index (χ1n) is 6.42. The van der Waals surface area contributed by atoms with E-state index >= 15 is 0 Å². The minimum absolute atomic E-state index is 0.203. The van der Waals surface area contributed by atoms with Crippen LogP contribution in [0.15, 0.2) is 4.99 Å². The molecule has 4 nitrogen and oxygen atoms in total. The molecular formula is C12H23N3OS. The van der Waals surface area contributed by atoms with Crippen molar-refractivity contribution in [2.24, 2.45) is 4.99 Å². The second-order valence-corrected chi connectivity index (χ2v) is 5.07. The van der Waals surface area contributed by atoms with E-state index in [1.807, 2.05) is 18.7 Å². The first-order valence-corrected chi connectivity index (χ1v) is 7.41. The Morgan fingerprint density at radius 2 is 2.18 bits per heavy atom. The molecule has 17 heavy (non-hydrogen) atoms. The number of amidine groups is 1. The lowest BCUT2D eigenvalue weighted by atomic mass is 10.3. The fraction of sp³-hybridized carbons (Fsp3) is 0.833. The van der Waals surface area contributed by atoms with E-state index in [4.69, 9.17) is 0 Å². The van der Waals surface area contributed by atoms with Crippen LogP contribution in [0.2, 0.25) is 0 Å². The van der Waals surface area contributed by atoms with Gasteiger partial charge in [-0.1, -0.05) is 18.7 Å². The number of thioether (sulfide) groups is 1. The second-order valence-electron chi connectivity index (χ2n) is 4.06. The molecule has 1 unspecified atom stereocenters. The highest BCUT2D eigenvalue weighted by molar-refractivity contribution is 8.14. The third kappa shape index (κ3) is 4.58. The summed E-state index contributed by atoms with van der Waals surface area (Å²) >= 11 is 1.76. The van der Waals surface area contributed by atoms with Crippen molar-refractivity contribution < 1.29 is 4.79 Å². The van der Waals surface area contributed by atoms with Crippen LogP contribution in [0.4, 0.5) is 0 Å². The molecule has 0 aromatic heterocycles. The molecule has 1 rings (SSSR count). The van der Waals surface area contributed by atoms with Gasteiger partial charge in [0.15, 0.2) is 5.17 Å². The van der Waals surface area contributed by atoms with Gasteiger partial charge in [-0.05, 0) is 20.3 Å². The summed E-state index contributed by atoms with van der Waals surface area (Å²) in [5.74, 6) is 1.30. The maximum atomic E-state index is 11.7. The Labute approximate surface area is 108 Å². The Morgan fingerprint density at radius 3 is 2.71 bits per heavy atom. The van der Waals surface area contributed by atoms with Gasteiger partial charge in [-0.25, -0.2) is 0 Å². The fourth-order valence-corrected chi connectivity index (χ4v) is 2.85. The van der Waals surface area contributed by atoms with Crippen LogP contribution in [0.1, 0.15) is 33.6 Å². The van der Waals surface area contributed by atoms with Crippen LogP contribution in [-0.2, 0) is 4.79 Å². The van der Waals surface area contributed by atoms with E-state index in [-0.39, 0.29) is 5.91 Å². The van der Waals surface area contributed by atoms with Crippen LogP contribution in [0, 0.1) is 0 Å². The zero-order valence-electron chi connectivity index (χ0n) is 11.0. The van der Waals surface area contributed by atoms with E-state index in [1.54, 1.807) is 11.8 Å². The Bertz CT molecular complexity index is 277. The van der Waals surface area contributed by atoms with Gasteiger partial charge in [0.25, 0.3) is 0 Å². The maximum absolute atomic E-state index is 11.7. The van der Waals surface area contributed by atoms with E-state index in [0.717, 1.165) is 30.4 Å². The van der Waals surface area contributed by atoms with Crippen LogP contribution in [-0.4, -0.2) is 47.4 Å². The molecule has 1 amide bonds. The van der Waals surface area contributed by atoms with Crippen molar-refractivity contribution in [2.75, 3.05) is 25.4 Å². The van der Waals surface area contributed by atoms with Gasteiger partial charge >= 0.3 is 0 Å². The maximum Gasteiger partial charge on any atom is 0.224 e. The van der Waals surface area contributed by atoms with Gasteiger partial charge in [-0.2, -0.15) is 0 Å². The molecule has 1 saturated heterocycles. The van der Waals surface area contributed by atoms with Gasteiger partial charge in [0.05, 0.1) is 6.54 Å². The fourth-order valence-electron chi connectivity index (χ4n) is 1.74. The molecule has 0 bridgehead atoms. The average molecular weight is 257 g/mol. The zero-order valence-corrected chi connectivity index (χ0v) is 11.8. The quantitative estimate of drug-likeness (QED) is 0.788. The SMILES string of the molecule is CCC1CSC(=NCCC(=O)N(CC)CC)N1. The van der Waals surface area contributed by atoms with E-state index in [2.05, 4.69) is 17.2 Å². The Hall–Kier alpha value is -0.710. The number of amides is 1. The largest absolute Gasteiger partial charge is 0.361 e. The molecule has 0 spiro atoms. The molecule has 1 aliphatic rings. The molecule has 1 heterocycles. The molecule has 0 saturated carbocycles. The summed E-state index contributed by atoms with van der Waals surface area (Å²) in [6.07, 6.45) is 1.65.